The maximum absolute atomic E-state index is 12.5. The molecule has 0 aromatic heterocycles. The summed E-state index contributed by atoms with van der Waals surface area (Å²) in [5.74, 6) is -0.902. The number of hydrogen-bond donors (Lipinski definition) is 0. The van der Waals surface area contributed by atoms with E-state index < -0.39 is 14.5 Å². The van der Waals surface area contributed by atoms with E-state index in [1.807, 2.05) is 39.5 Å². The third-order valence-electron chi connectivity index (χ3n) is 3.88. The standard InChI is InChI=1S/C17H22Cl3NO4S/c1-9(2)25-15(23)13-10(3)7-21-11(16(4,5)26-14(13)21)6-12(22)24-8-17(18,19)20/h6,9-10H,7-8H2,1-5H3. The van der Waals surface area contributed by atoms with Crippen LogP contribution in [0, 0.1) is 5.92 Å². The summed E-state index contributed by atoms with van der Waals surface area (Å²) in [5, 5.41) is 0.827. The van der Waals surface area contributed by atoms with Crippen LogP contribution in [-0.2, 0) is 19.1 Å². The second kappa shape index (κ2) is 7.82. The smallest absolute Gasteiger partial charge is 0.337 e. The molecule has 146 valence electrons. The van der Waals surface area contributed by atoms with E-state index in [4.69, 9.17) is 44.3 Å². The van der Waals surface area contributed by atoms with E-state index in [-0.39, 0.29) is 24.6 Å². The first kappa shape index (κ1) is 21.7. The second-order valence-corrected chi connectivity index (χ2v) is 11.2. The molecule has 0 aliphatic carbocycles. The molecular weight excluding hydrogens is 421 g/mol. The van der Waals surface area contributed by atoms with Crippen LogP contribution in [0.5, 0.6) is 0 Å². The Balaban J connectivity index is 2.28. The van der Waals surface area contributed by atoms with E-state index in [0.29, 0.717) is 12.1 Å². The van der Waals surface area contributed by atoms with Crippen molar-refractivity contribution >= 4 is 58.5 Å². The van der Waals surface area contributed by atoms with Gasteiger partial charge in [-0.15, -0.1) is 0 Å². The third kappa shape index (κ3) is 5.03. The normalized spacial score (nSPS) is 23.7. The van der Waals surface area contributed by atoms with Crippen molar-refractivity contribution in [3.8, 4) is 0 Å². The molecule has 26 heavy (non-hydrogen) atoms. The quantitative estimate of drug-likeness (QED) is 0.365. The molecule has 1 fully saturated rings. The van der Waals surface area contributed by atoms with Crippen LogP contribution in [0.25, 0.3) is 0 Å². The molecule has 0 radical (unpaired) electrons. The first-order valence-electron chi connectivity index (χ1n) is 8.19. The summed E-state index contributed by atoms with van der Waals surface area (Å²) < 4.78 is 8.33. The Morgan fingerprint density at radius 1 is 1.38 bits per heavy atom. The van der Waals surface area contributed by atoms with Crippen LogP contribution in [0.15, 0.2) is 22.4 Å². The van der Waals surface area contributed by atoms with Crippen LogP contribution < -0.4 is 0 Å². The number of thioether (sulfide) groups is 1. The number of alkyl halides is 3. The average Bonchev–Trinajstić information content (AvgIpc) is 2.87. The Kier molecular flexibility index (Phi) is 6.54. The molecule has 1 atom stereocenters. The molecular formula is C17H22Cl3NO4S. The summed E-state index contributed by atoms with van der Waals surface area (Å²) in [6.45, 7) is 9.82. The van der Waals surface area contributed by atoms with Gasteiger partial charge < -0.3 is 14.4 Å². The van der Waals surface area contributed by atoms with Gasteiger partial charge in [-0.05, 0) is 27.7 Å². The zero-order valence-electron chi connectivity index (χ0n) is 15.3. The third-order valence-corrected chi connectivity index (χ3v) is 5.56. The number of carbonyl (C=O) groups excluding carboxylic acids is 2. The van der Waals surface area contributed by atoms with Crippen molar-refractivity contribution in [2.45, 2.75) is 49.3 Å². The van der Waals surface area contributed by atoms with Crippen molar-refractivity contribution in [2.24, 2.45) is 5.92 Å². The first-order valence-corrected chi connectivity index (χ1v) is 10.1. The lowest BCUT2D eigenvalue weighted by Gasteiger charge is -2.23. The number of fused-ring (bicyclic) bond motifs is 1. The number of hydrogen-bond acceptors (Lipinski definition) is 6. The fourth-order valence-electron chi connectivity index (χ4n) is 2.87. The van der Waals surface area contributed by atoms with Crippen molar-refractivity contribution in [3.05, 3.63) is 22.4 Å². The Hall–Kier alpha value is -0.560. The zero-order chi connectivity index (χ0) is 19.9. The lowest BCUT2D eigenvalue weighted by Crippen LogP contribution is -2.27. The molecule has 2 rings (SSSR count). The molecule has 5 nitrogen and oxygen atoms in total. The van der Waals surface area contributed by atoms with Crippen LogP contribution >= 0.6 is 46.6 Å². The summed E-state index contributed by atoms with van der Waals surface area (Å²) in [7, 11) is 0. The predicted molar refractivity (Wildman–Crippen MR) is 105 cm³/mol. The van der Waals surface area contributed by atoms with E-state index in [2.05, 4.69) is 0 Å². The number of esters is 2. The molecule has 0 N–H and O–H groups in total. The van der Waals surface area contributed by atoms with Crippen molar-refractivity contribution in [3.63, 3.8) is 0 Å². The Morgan fingerprint density at radius 3 is 2.54 bits per heavy atom. The molecule has 0 aromatic rings. The number of carbonyl (C=O) groups is 2. The largest absolute Gasteiger partial charge is 0.460 e. The minimum Gasteiger partial charge on any atom is -0.460 e. The fourth-order valence-corrected chi connectivity index (χ4v) is 4.46. The fraction of sp³-hybridized carbons (Fsp3) is 0.647. The van der Waals surface area contributed by atoms with Gasteiger partial charge in [0.2, 0.25) is 3.79 Å². The Labute approximate surface area is 173 Å². The molecule has 2 aliphatic heterocycles. The van der Waals surface area contributed by atoms with Crippen molar-refractivity contribution in [1.29, 1.82) is 0 Å². The molecule has 2 aliphatic rings. The van der Waals surface area contributed by atoms with Crippen LogP contribution in [0.1, 0.15) is 34.6 Å². The average molecular weight is 443 g/mol. The van der Waals surface area contributed by atoms with Crippen LogP contribution in [0.3, 0.4) is 0 Å². The molecule has 0 amide bonds. The van der Waals surface area contributed by atoms with E-state index in [1.54, 1.807) is 0 Å². The Morgan fingerprint density at radius 2 is 2.00 bits per heavy atom. The summed E-state index contributed by atoms with van der Waals surface area (Å²) in [6, 6.07) is 0. The molecule has 2 heterocycles. The van der Waals surface area contributed by atoms with Crippen LogP contribution in [0.4, 0.5) is 0 Å². The maximum Gasteiger partial charge on any atom is 0.337 e. The summed E-state index contributed by atoms with van der Waals surface area (Å²) in [6.07, 6.45) is 1.21. The minimum absolute atomic E-state index is 0.000413. The lowest BCUT2D eigenvalue weighted by molar-refractivity contribution is -0.143. The second-order valence-electron chi connectivity index (χ2n) is 7.05. The summed E-state index contributed by atoms with van der Waals surface area (Å²) >= 11 is 18.4. The van der Waals surface area contributed by atoms with Crippen molar-refractivity contribution in [1.82, 2.24) is 4.90 Å². The van der Waals surface area contributed by atoms with Crippen molar-refractivity contribution in [2.75, 3.05) is 13.2 Å². The first-order chi connectivity index (χ1) is 11.8. The van der Waals surface area contributed by atoms with E-state index in [1.165, 1.54) is 17.8 Å². The highest BCUT2D eigenvalue weighted by Gasteiger charge is 2.48. The number of ether oxygens (including phenoxy) is 2. The minimum atomic E-state index is -1.66. The molecule has 1 saturated heterocycles. The molecule has 0 spiro atoms. The molecule has 9 heteroatoms. The van der Waals surface area contributed by atoms with Gasteiger partial charge in [0.1, 0.15) is 6.61 Å². The van der Waals surface area contributed by atoms with Crippen LogP contribution in [-0.4, -0.2) is 44.6 Å². The van der Waals surface area contributed by atoms with Crippen molar-refractivity contribution < 1.29 is 19.1 Å². The lowest BCUT2D eigenvalue weighted by atomic mass is 10.0. The highest BCUT2D eigenvalue weighted by Crippen LogP contribution is 2.54. The van der Waals surface area contributed by atoms with Gasteiger partial charge in [0.25, 0.3) is 0 Å². The topological polar surface area (TPSA) is 55.8 Å². The number of halogens is 3. The van der Waals surface area contributed by atoms with Gasteiger partial charge in [-0.3, -0.25) is 0 Å². The maximum atomic E-state index is 12.5. The van der Waals surface area contributed by atoms with Gasteiger partial charge in [-0.2, -0.15) is 0 Å². The van der Waals surface area contributed by atoms with Gasteiger partial charge in [0, 0.05) is 24.2 Å². The van der Waals surface area contributed by atoms with Gasteiger partial charge in [0.15, 0.2) is 0 Å². The van der Waals surface area contributed by atoms with Gasteiger partial charge in [-0.25, -0.2) is 9.59 Å². The predicted octanol–water partition coefficient (Wildman–Crippen LogP) is 4.42. The van der Waals surface area contributed by atoms with E-state index >= 15 is 0 Å². The zero-order valence-corrected chi connectivity index (χ0v) is 18.4. The van der Waals surface area contributed by atoms with Gasteiger partial charge in [0.05, 0.1) is 21.5 Å². The molecule has 0 saturated carbocycles. The van der Waals surface area contributed by atoms with E-state index in [9.17, 15) is 9.59 Å². The van der Waals surface area contributed by atoms with Gasteiger partial charge >= 0.3 is 11.9 Å². The number of nitrogens with zero attached hydrogens (tertiary/aromatic N) is 1. The molecule has 0 bridgehead atoms. The highest BCUT2D eigenvalue weighted by atomic mass is 35.6. The monoisotopic (exact) mass is 441 g/mol. The summed E-state index contributed by atoms with van der Waals surface area (Å²) in [4.78, 5) is 26.6. The number of rotatable bonds is 4. The molecule has 0 aromatic carbocycles. The highest BCUT2D eigenvalue weighted by molar-refractivity contribution is 8.04. The van der Waals surface area contributed by atoms with Crippen LogP contribution in [0.2, 0.25) is 0 Å². The SMILES string of the molecule is CC(C)OC(=O)C1=C2SC(C)(C)C(=CC(=O)OCC(Cl)(Cl)Cl)N2CC1C. The van der Waals surface area contributed by atoms with Gasteiger partial charge in [-0.1, -0.05) is 53.5 Å². The van der Waals surface area contributed by atoms with E-state index in [0.717, 1.165) is 10.7 Å². The Bertz CT molecular complexity index is 667. The summed E-state index contributed by atoms with van der Waals surface area (Å²) in [5.41, 5.74) is 1.40. The molecule has 1 unspecified atom stereocenters.